The van der Waals surface area contributed by atoms with Crippen LogP contribution in [0.3, 0.4) is 0 Å². The molecule has 4 aliphatic rings. The van der Waals surface area contributed by atoms with Crippen molar-refractivity contribution in [3.63, 3.8) is 0 Å². The molecule has 0 saturated carbocycles. The lowest BCUT2D eigenvalue weighted by atomic mass is 9.77. The van der Waals surface area contributed by atoms with Crippen molar-refractivity contribution in [2.75, 3.05) is 69.8 Å². The van der Waals surface area contributed by atoms with Gasteiger partial charge in [-0.2, -0.15) is 0 Å². The maximum atomic E-state index is 12.9. The second-order valence-corrected chi connectivity index (χ2v) is 23.7. The number of likely N-dealkylation sites (tertiary alicyclic amines) is 2. The number of aryl methyl sites for hydroxylation is 6. The van der Waals surface area contributed by atoms with E-state index in [-0.39, 0.29) is 60.4 Å². The van der Waals surface area contributed by atoms with Crippen molar-refractivity contribution in [3.8, 4) is 23.3 Å². The van der Waals surface area contributed by atoms with Gasteiger partial charge in [-0.05, 0) is 161 Å². The Morgan fingerprint density at radius 2 is 1.01 bits per heavy atom. The molecule has 2 spiro atoms. The lowest BCUT2D eigenvalue weighted by Crippen LogP contribution is -2.52. The molecule has 6 aromatic heterocycles. The molecule has 0 unspecified atom stereocenters. The average Bonchev–Trinajstić information content (AvgIpc) is 4.43. The van der Waals surface area contributed by atoms with Gasteiger partial charge >= 0.3 is 0 Å². The number of amides is 3. The number of carbonyl (C=O) groups excluding carboxylic acids is 5. The number of carbonyl (C=O) groups is 5. The Labute approximate surface area is 493 Å². The summed E-state index contributed by atoms with van der Waals surface area (Å²) < 4.78 is 29.7. The third-order valence-corrected chi connectivity index (χ3v) is 16.9. The van der Waals surface area contributed by atoms with Gasteiger partial charge in [-0.15, -0.1) is 10.2 Å². The highest BCUT2D eigenvalue weighted by Crippen LogP contribution is 2.40. The van der Waals surface area contributed by atoms with Gasteiger partial charge in [0.1, 0.15) is 11.5 Å². The summed E-state index contributed by atoms with van der Waals surface area (Å²) >= 11 is 0. The zero-order valence-electron chi connectivity index (χ0n) is 49.3. The highest BCUT2D eigenvalue weighted by molar-refractivity contribution is 5.97. The molecule has 21 nitrogen and oxygen atoms in total. The molecular formula is C64H74N12O9. The van der Waals surface area contributed by atoms with Gasteiger partial charge in [0.15, 0.2) is 34.5 Å². The number of nitrogens with zero attached hydrogens (tertiary/aromatic N) is 10. The number of hydrogen-bond acceptors (Lipinski definition) is 14. The lowest BCUT2D eigenvalue weighted by molar-refractivity contribution is -0.153. The Morgan fingerprint density at radius 1 is 0.553 bits per heavy atom. The number of benzene rings is 2. The van der Waals surface area contributed by atoms with Crippen LogP contribution in [0.4, 0.5) is 11.6 Å². The van der Waals surface area contributed by atoms with Crippen LogP contribution in [0.2, 0.25) is 0 Å². The van der Waals surface area contributed by atoms with Gasteiger partial charge < -0.3 is 48.5 Å². The number of piperidine rings is 2. The second-order valence-electron chi connectivity index (χ2n) is 23.7. The van der Waals surface area contributed by atoms with E-state index in [9.17, 15) is 24.0 Å². The first kappa shape index (κ1) is 58.3. The molecule has 0 atom stereocenters. The zero-order chi connectivity index (χ0) is 59.4. The summed E-state index contributed by atoms with van der Waals surface area (Å²) in [5.41, 5.74) is 9.11. The Balaban J connectivity index is 0.000000177. The Bertz CT molecular complexity index is 3790. The van der Waals surface area contributed by atoms with Crippen molar-refractivity contribution >= 4 is 52.2 Å². The van der Waals surface area contributed by atoms with Gasteiger partial charge in [0.2, 0.25) is 29.5 Å². The van der Waals surface area contributed by atoms with Gasteiger partial charge in [-0.25, -0.2) is 19.0 Å². The van der Waals surface area contributed by atoms with Crippen LogP contribution in [-0.2, 0) is 50.8 Å². The van der Waals surface area contributed by atoms with Crippen LogP contribution in [0.1, 0.15) is 106 Å². The van der Waals surface area contributed by atoms with E-state index in [1.54, 1.807) is 41.2 Å². The maximum absolute atomic E-state index is 12.9. The van der Waals surface area contributed by atoms with Crippen molar-refractivity contribution in [1.29, 1.82) is 0 Å². The van der Waals surface area contributed by atoms with Crippen molar-refractivity contribution in [2.24, 2.45) is 24.9 Å². The Hall–Kier alpha value is -8.53. The molecule has 3 amide bonds. The quantitative estimate of drug-likeness (QED) is 0.0722. The van der Waals surface area contributed by atoms with E-state index in [0.717, 1.165) is 112 Å². The zero-order valence-corrected chi connectivity index (χ0v) is 49.3. The second kappa shape index (κ2) is 25.0. The van der Waals surface area contributed by atoms with Crippen LogP contribution < -0.4 is 20.1 Å². The Morgan fingerprint density at radius 3 is 1.45 bits per heavy atom. The fourth-order valence-electron chi connectivity index (χ4n) is 11.6. The first-order valence-corrected chi connectivity index (χ1v) is 29.3. The number of anilines is 2. The number of fused-ring (bicyclic) bond motifs is 2. The van der Waals surface area contributed by atoms with Crippen LogP contribution in [0.15, 0.2) is 97.6 Å². The molecule has 0 aliphatic carbocycles. The van der Waals surface area contributed by atoms with E-state index in [0.29, 0.717) is 69.4 Å². The standard InChI is InChI=1S/C32H36N6O5.C32H38N6O4/c1-21-14-25(36(3)17-21)26(39)16-23-15-24(5-4-22(23)2)43-30-8-6-28-33-27(18-38(28)35-30)34-29(40)7-9-31(41)37-12-10-32(11-13-37)19-42-20-32;1-22-15-26(36(3)18-22)27(39)17-24-16-25(7-6-23(24)2)42-31-9-8-29-33-28(19-38(29)35-31)34-30(40)5-4-12-37-13-10-32(11-14-37)20-41-21-32/h4-6,8,14-15,17-18H,7,9-13,16,19-20H2,1-3H3,(H,34,40);6-9,15-16,18-19H,4-5,10-14,17,20-21H2,1-3H3,(H,34,40). The number of aromatic nitrogens is 8. The van der Waals surface area contributed by atoms with Gasteiger partial charge in [-0.3, -0.25) is 24.0 Å². The molecule has 10 heterocycles. The molecule has 4 aliphatic heterocycles. The monoisotopic (exact) mass is 1150 g/mol. The summed E-state index contributed by atoms with van der Waals surface area (Å²) in [4.78, 5) is 76.8. The van der Waals surface area contributed by atoms with Crippen molar-refractivity contribution < 1.29 is 42.9 Å². The van der Waals surface area contributed by atoms with Crippen molar-refractivity contribution in [3.05, 3.63) is 142 Å². The summed E-state index contributed by atoms with van der Waals surface area (Å²) in [5.74, 6) is 2.45. The SMILES string of the molecule is Cc1cc(C(=O)Cc2cc(Oc3ccc4nc(NC(=O)CCC(=O)N5CCC6(CC5)COC6)cn4n3)ccc2C)n(C)c1.Cc1cc(C(=O)Cc2cc(Oc3ccc4nc(NC(=O)CCCN5CCC6(CC5)COC6)cn4n3)ccc2C)n(C)c1. The summed E-state index contributed by atoms with van der Waals surface area (Å²) in [6, 6.07) is 22.1. The first-order chi connectivity index (χ1) is 40.9. The van der Waals surface area contributed by atoms with Crippen LogP contribution in [-0.4, -0.2) is 137 Å². The molecule has 0 radical (unpaired) electrons. The molecule has 2 N–H and O–H groups in total. The minimum absolute atomic E-state index is 0.00222. The molecule has 2 aromatic carbocycles. The first-order valence-electron chi connectivity index (χ1n) is 29.3. The smallest absolute Gasteiger partial charge is 0.237 e. The minimum atomic E-state index is -0.277. The number of ketones is 2. The van der Waals surface area contributed by atoms with Gasteiger partial charge in [-0.1, -0.05) is 12.1 Å². The van der Waals surface area contributed by atoms with Crippen LogP contribution in [0.5, 0.6) is 23.3 Å². The fraction of sp³-hybridized carbons (Fsp3) is 0.422. The number of hydrogen-bond donors (Lipinski definition) is 2. The van der Waals surface area contributed by atoms with Gasteiger partial charge in [0, 0.05) is 94.6 Å². The normalized spacial score (nSPS) is 16.1. The van der Waals surface area contributed by atoms with Gasteiger partial charge in [0.05, 0.1) is 50.2 Å². The van der Waals surface area contributed by atoms with Crippen LogP contribution >= 0.6 is 0 Å². The highest BCUT2D eigenvalue weighted by Gasteiger charge is 2.42. The lowest BCUT2D eigenvalue weighted by Gasteiger charge is -2.47. The topological polar surface area (TPSA) is 223 Å². The van der Waals surface area contributed by atoms with Gasteiger partial charge in [0.25, 0.3) is 0 Å². The molecule has 444 valence electrons. The summed E-state index contributed by atoms with van der Waals surface area (Å²) in [6.45, 7) is 15.9. The predicted molar refractivity (Wildman–Crippen MR) is 319 cm³/mol. The number of Topliss-reactive ketones (excluding diaryl/α,β-unsaturated/α-hetero) is 2. The van der Waals surface area contributed by atoms with Crippen LogP contribution in [0, 0.1) is 38.5 Å². The molecular weight excluding hydrogens is 1080 g/mol. The number of imidazole rings is 2. The fourth-order valence-corrected chi connectivity index (χ4v) is 11.6. The summed E-state index contributed by atoms with van der Waals surface area (Å²) in [5, 5.41) is 14.7. The van der Waals surface area contributed by atoms with Crippen molar-refractivity contribution in [2.45, 2.75) is 91.9 Å². The molecule has 21 heteroatoms. The minimum Gasteiger partial charge on any atom is -0.438 e. The highest BCUT2D eigenvalue weighted by atomic mass is 16.5. The third kappa shape index (κ3) is 14.0. The van der Waals surface area contributed by atoms with Crippen LogP contribution in [0.25, 0.3) is 11.3 Å². The van der Waals surface area contributed by atoms with E-state index >= 15 is 0 Å². The number of ether oxygens (including phenoxy) is 4. The maximum Gasteiger partial charge on any atom is 0.237 e. The van der Waals surface area contributed by atoms with E-state index in [1.165, 1.54) is 17.4 Å². The van der Waals surface area contributed by atoms with E-state index in [1.807, 2.05) is 117 Å². The molecule has 4 fully saturated rings. The number of rotatable bonds is 19. The number of nitrogens with one attached hydrogen (secondary N) is 2. The third-order valence-electron chi connectivity index (χ3n) is 16.9. The molecule has 85 heavy (non-hydrogen) atoms. The summed E-state index contributed by atoms with van der Waals surface area (Å²) in [7, 11) is 3.76. The molecule has 4 saturated heterocycles. The Kier molecular flexibility index (Phi) is 17.1. The molecule has 8 aromatic rings. The molecule has 0 bridgehead atoms. The largest absolute Gasteiger partial charge is 0.438 e. The summed E-state index contributed by atoms with van der Waals surface area (Å²) in [6.07, 6.45) is 13.5. The van der Waals surface area contributed by atoms with E-state index in [2.05, 4.69) is 35.7 Å². The van der Waals surface area contributed by atoms with E-state index < -0.39 is 0 Å². The van der Waals surface area contributed by atoms with Crippen molar-refractivity contribution in [1.82, 2.24) is 48.1 Å². The van der Waals surface area contributed by atoms with E-state index in [4.69, 9.17) is 18.9 Å². The molecule has 12 rings (SSSR count). The average molecular weight is 1160 g/mol. The predicted octanol–water partition coefficient (Wildman–Crippen LogP) is 8.99.